The van der Waals surface area contributed by atoms with Crippen LogP contribution in [0.3, 0.4) is 0 Å². The SMILES string of the molecule is CCCN1CCCC(C)(C(=O)O)C1. The first kappa shape index (κ1) is 10.5. The average Bonchev–Trinajstić information content (AvgIpc) is 2.04. The van der Waals surface area contributed by atoms with Crippen molar-refractivity contribution in [3.8, 4) is 0 Å². The molecule has 76 valence electrons. The molecule has 0 bridgehead atoms. The van der Waals surface area contributed by atoms with E-state index in [0.29, 0.717) is 0 Å². The summed E-state index contributed by atoms with van der Waals surface area (Å²) in [5.74, 6) is -0.645. The van der Waals surface area contributed by atoms with Gasteiger partial charge in [-0.05, 0) is 39.3 Å². The van der Waals surface area contributed by atoms with Crippen LogP contribution in [0, 0.1) is 5.41 Å². The molecule has 1 N–H and O–H groups in total. The van der Waals surface area contributed by atoms with Crippen molar-refractivity contribution in [1.82, 2.24) is 4.90 Å². The van der Waals surface area contributed by atoms with Gasteiger partial charge >= 0.3 is 5.97 Å². The van der Waals surface area contributed by atoms with Gasteiger partial charge in [0.05, 0.1) is 5.41 Å². The first-order valence-corrected chi connectivity index (χ1v) is 5.04. The van der Waals surface area contributed by atoms with Crippen LogP contribution in [-0.4, -0.2) is 35.6 Å². The van der Waals surface area contributed by atoms with Crippen LogP contribution in [0.2, 0.25) is 0 Å². The predicted molar refractivity (Wildman–Crippen MR) is 51.7 cm³/mol. The number of piperidine rings is 1. The van der Waals surface area contributed by atoms with Gasteiger partial charge in [0.1, 0.15) is 0 Å². The van der Waals surface area contributed by atoms with Gasteiger partial charge in [-0.15, -0.1) is 0 Å². The molecular weight excluding hydrogens is 166 g/mol. The van der Waals surface area contributed by atoms with E-state index in [1.807, 2.05) is 6.92 Å². The molecule has 0 radical (unpaired) electrons. The number of carbonyl (C=O) groups is 1. The largest absolute Gasteiger partial charge is 0.481 e. The number of carboxylic acids is 1. The number of hydrogen-bond donors (Lipinski definition) is 1. The summed E-state index contributed by atoms with van der Waals surface area (Å²) in [4.78, 5) is 13.3. The molecule has 0 aromatic carbocycles. The summed E-state index contributed by atoms with van der Waals surface area (Å²) in [7, 11) is 0. The molecule has 13 heavy (non-hydrogen) atoms. The highest BCUT2D eigenvalue weighted by atomic mass is 16.4. The quantitative estimate of drug-likeness (QED) is 0.725. The molecule has 0 aromatic rings. The summed E-state index contributed by atoms with van der Waals surface area (Å²) in [5.41, 5.74) is -0.507. The fourth-order valence-corrected chi connectivity index (χ4v) is 2.03. The normalized spacial score (nSPS) is 30.3. The molecule has 1 heterocycles. The third kappa shape index (κ3) is 2.44. The average molecular weight is 185 g/mol. The minimum atomic E-state index is -0.645. The minimum absolute atomic E-state index is 0.507. The van der Waals surface area contributed by atoms with E-state index in [1.165, 1.54) is 0 Å². The fourth-order valence-electron chi connectivity index (χ4n) is 2.03. The molecule has 3 heteroatoms. The maximum absolute atomic E-state index is 11.0. The van der Waals surface area contributed by atoms with Gasteiger partial charge in [-0.3, -0.25) is 4.79 Å². The maximum Gasteiger partial charge on any atom is 0.310 e. The van der Waals surface area contributed by atoms with E-state index in [1.54, 1.807) is 0 Å². The van der Waals surface area contributed by atoms with Crippen molar-refractivity contribution in [2.24, 2.45) is 5.41 Å². The van der Waals surface area contributed by atoms with Gasteiger partial charge in [0.15, 0.2) is 0 Å². The van der Waals surface area contributed by atoms with Gasteiger partial charge in [-0.1, -0.05) is 6.92 Å². The van der Waals surface area contributed by atoms with Gasteiger partial charge in [-0.25, -0.2) is 0 Å². The van der Waals surface area contributed by atoms with Crippen LogP contribution in [-0.2, 0) is 4.79 Å². The number of hydrogen-bond acceptors (Lipinski definition) is 2. The Morgan fingerprint density at radius 3 is 2.85 bits per heavy atom. The highest BCUT2D eigenvalue weighted by molar-refractivity contribution is 5.74. The van der Waals surface area contributed by atoms with Gasteiger partial charge in [0, 0.05) is 6.54 Å². The Hall–Kier alpha value is -0.570. The van der Waals surface area contributed by atoms with Crippen LogP contribution < -0.4 is 0 Å². The second kappa shape index (κ2) is 4.09. The number of carboxylic acid groups (broad SMARTS) is 1. The Bertz CT molecular complexity index is 191. The smallest absolute Gasteiger partial charge is 0.310 e. The van der Waals surface area contributed by atoms with Gasteiger partial charge in [-0.2, -0.15) is 0 Å². The van der Waals surface area contributed by atoms with Crippen LogP contribution in [0.15, 0.2) is 0 Å². The molecule has 0 amide bonds. The van der Waals surface area contributed by atoms with E-state index in [2.05, 4.69) is 11.8 Å². The molecule has 1 rings (SSSR count). The standard InChI is InChI=1S/C10H19NO2/c1-3-6-11-7-4-5-10(2,8-11)9(12)13/h3-8H2,1-2H3,(H,12,13). The van der Waals surface area contributed by atoms with E-state index >= 15 is 0 Å². The molecule has 0 aromatic heterocycles. The lowest BCUT2D eigenvalue weighted by molar-refractivity contribution is -0.151. The van der Waals surface area contributed by atoms with Crippen LogP contribution in [0.5, 0.6) is 0 Å². The minimum Gasteiger partial charge on any atom is -0.481 e. The van der Waals surface area contributed by atoms with Gasteiger partial charge in [0.25, 0.3) is 0 Å². The molecule has 0 spiro atoms. The van der Waals surface area contributed by atoms with Crippen LogP contribution in [0.25, 0.3) is 0 Å². The zero-order valence-electron chi connectivity index (χ0n) is 8.55. The van der Waals surface area contributed by atoms with Crippen molar-refractivity contribution in [2.45, 2.75) is 33.1 Å². The van der Waals surface area contributed by atoms with Gasteiger partial charge in [0.2, 0.25) is 0 Å². The van der Waals surface area contributed by atoms with E-state index in [-0.39, 0.29) is 0 Å². The van der Waals surface area contributed by atoms with Crippen molar-refractivity contribution < 1.29 is 9.90 Å². The summed E-state index contributed by atoms with van der Waals surface area (Å²) < 4.78 is 0. The van der Waals surface area contributed by atoms with Crippen molar-refractivity contribution in [1.29, 1.82) is 0 Å². The van der Waals surface area contributed by atoms with Crippen LogP contribution >= 0.6 is 0 Å². The van der Waals surface area contributed by atoms with Crippen molar-refractivity contribution >= 4 is 5.97 Å². The third-order valence-corrected chi connectivity index (χ3v) is 2.83. The predicted octanol–water partition coefficient (Wildman–Crippen LogP) is 1.58. The molecule has 1 fully saturated rings. The zero-order valence-corrected chi connectivity index (χ0v) is 8.55. The Morgan fingerprint density at radius 1 is 1.62 bits per heavy atom. The molecule has 1 unspecified atom stereocenters. The Morgan fingerprint density at radius 2 is 2.31 bits per heavy atom. The molecule has 1 atom stereocenters. The molecule has 1 saturated heterocycles. The molecule has 0 saturated carbocycles. The van der Waals surface area contributed by atoms with Crippen molar-refractivity contribution in [2.75, 3.05) is 19.6 Å². The lowest BCUT2D eigenvalue weighted by Crippen LogP contribution is -2.46. The lowest BCUT2D eigenvalue weighted by Gasteiger charge is -2.37. The number of likely N-dealkylation sites (tertiary alicyclic amines) is 1. The third-order valence-electron chi connectivity index (χ3n) is 2.83. The Labute approximate surface area is 79.7 Å². The summed E-state index contributed by atoms with van der Waals surface area (Å²) in [6.45, 7) is 6.81. The molecule has 0 aliphatic carbocycles. The van der Waals surface area contributed by atoms with E-state index < -0.39 is 11.4 Å². The second-order valence-corrected chi connectivity index (χ2v) is 4.25. The molecular formula is C10H19NO2. The summed E-state index contributed by atoms with van der Waals surface area (Å²) in [6, 6.07) is 0. The zero-order chi connectivity index (χ0) is 9.90. The Balaban J connectivity index is 2.54. The van der Waals surface area contributed by atoms with Crippen LogP contribution in [0.4, 0.5) is 0 Å². The maximum atomic E-state index is 11.0. The van der Waals surface area contributed by atoms with Crippen molar-refractivity contribution in [3.63, 3.8) is 0 Å². The summed E-state index contributed by atoms with van der Waals surface area (Å²) in [6.07, 6.45) is 2.95. The van der Waals surface area contributed by atoms with E-state index in [0.717, 1.165) is 38.9 Å². The van der Waals surface area contributed by atoms with E-state index in [9.17, 15) is 4.79 Å². The van der Waals surface area contributed by atoms with Crippen molar-refractivity contribution in [3.05, 3.63) is 0 Å². The van der Waals surface area contributed by atoms with Crippen LogP contribution in [0.1, 0.15) is 33.1 Å². The number of nitrogens with zero attached hydrogens (tertiary/aromatic N) is 1. The van der Waals surface area contributed by atoms with E-state index in [4.69, 9.17) is 5.11 Å². The molecule has 3 nitrogen and oxygen atoms in total. The number of rotatable bonds is 3. The summed E-state index contributed by atoms with van der Waals surface area (Å²) >= 11 is 0. The Kier molecular flexibility index (Phi) is 3.31. The molecule has 1 aliphatic heterocycles. The number of aliphatic carboxylic acids is 1. The second-order valence-electron chi connectivity index (χ2n) is 4.25. The topological polar surface area (TPSA) is 40.5 Å². The first-order chi connectivity index (χ1) is 6.08. The summed E-state index contributed by atoms with van der Waals surface area (Å²) in [5, 5.41) is 9.06. The molecule has 1 aliphatic rings. The first-order valence-electron chi connectivity index (χ1n) is 5.04. The fraction of sp³-hybridized carbons (Fsp3) is 0.900. The lowest BCUT2D eigenvalue weighted by atomic mass is 9.82. The van der Waals surface area contributed by atoms with Gasteiger partial charge < -0.3 is 10.0 Å². The monoisotopic (exact) mass is 185 g/mol. The highest BCUT2D eigenvalue weighted by Gasteiger charge is 2.37. The highest BCUT2D eigenvalue weighted by Crippen LogP contribution is 2.29.